The molecule has 0 aliphatic carbocycles. The highest BCUT2D eigenvalue weighted by Crippen LogP contribution is 2.16. The van der Waals surface area contributed by atoms with Crippen molar-refractivity contribution >= 4 is 0 Å². The first-order chi connectivity index (χ1) is 8.13. The van der Waals surface area contributed by atoms with Gasteiger partial charge in [-0.15, -0.1) is 0 Å². The van der Waals surface area contributed by atoms with Gasteiger partial charge < -0.3 is 10.2 Å². The molecule has 0 spiro atoms. The van der Waals surface area contributed by atoms with E-state index in [1.54, 1.807) is 0 Å². The molecule has 1 N–H and O–H groups in total. The summed E-state index contributed by atoms with van der Waals surface area (Å²) in [6, 6.07) is 4.70. The van der Waals surface area contributed by atoms with Crippen molar-refractivity contribution in [2.24, 2.45) is 0 Å². The summed E-state index contributed by atoms with van der Waals surface area (Å²) in [6.45, 7) is 6.38. The summed E-state index contributed by atoms with van der Waals surface area (Å²) in [6.07, 6.45) is 4.29. The second-order valence-corrected chi connectivity index (χ2v) is 4.83. The normalized spacial score (nSPS) is 13.0. The topological polar surface area (TPSA) is 28.2 Å². The van der Waals surface area contributed by atoms with E-state index in [-0.39, 0.29) is 0 Å². The first-order valence-corrected chi connectivity index (χ1v) is 6.44. The molecule has 0 aliphatic rings. The van der Waals surface area contributed by atoms with Crippen LogP contribution >= 0.6 is 0 Å². The number of hydrogen-bond donors (Lipinski definition) is 1. The Bertz CT molecular complexity index is 306. The van der Waals surface area contributed by atoms with Crippen molar-refractivity contribution in [1.29, 1.82) is 0 Å². The lowest BCUT2D eigenvalue weighted by Gasteiger charge is -2.20. The fraction of sp³-hybridized carbons (Fsp3) is 0.643. The molecule has 0 radical (unpaired) electrons. The summed E-state index contributed by atoms with van der Waals surface area (Å²) >= 11 is 0. The number of aryl methyl sites for hydroxylation is 1. The number of rotatable bonds is 7. The molecule has 0 amide bonds. The molecule has 1 aromatic rings. The molecule has 1 unspecified atom stereocenters. The fourth-order valence-corrected chi connectivity index (χ4v) is 1.78. The van der Waals surface area contributed by atoms with Crippen LogP contribution in [0.15, 0.2) is 18.3 Å². The highest BCUT2D eigenvalue weighted by molar-refractivity contribution is 5.17. The predicted molar refractivity (Wildman–Crippen MR) is 73.2 cm³/mol. The molecule has 0 aromatic carbocycles. The van der Waals surface area contributed by atoms with Gasteiger partial charge in [0.15, 0.2) is 0 Å². The van der Waals surface area contributed by atoms with Crippen molar-refractivity contribution < 1.29 is 0 Å². The largest absolute Gasteiger partial charge is 0.310 e. The molecule has 17 heavy (non-hydrogen) atoms. The van der Waals surface area contributed by atoms with Crippen LogP contribution in [0.4, 0.5) is 0 Å². The van der Waals surface area contributed by atoms with Gasteiger partial charge in [-0.25, -0.2) is 0 Å². The van der Waals surface area contributed by atoms with Crippen LogP contribution in [0.2, 0.25) is 0 Å². The van der Waals surface area contributed by atoms with Crippen LogP contribution < -0.4 is 5.32 Å². The average Bonchev–Trinajstić information content (AvgIpc) is 2.30. The molecule has 96 valence electrons. The lowest BCUT2D eigenvalue weighted by Crippen LogP contribution is -2.26. The second-order valence-electron chi connectivity index (χ2n) is 4.83. The third-order valence-electron chi connectivity index (χ3n) is 2.84. The molecule has 0 saturated heterocycles. The smallest absolute Gasteiger partial charge is 0.0372 e. The summed E-state index contributed by atoms with van der Waals surface area (Å²) in [4.78, 5) is 6.61. The van der Waals surface area contributed by atoms with E-state index in [4.69, 9.17) is 0 Å². The summed E-state index contributed by atoms with van der Waals surface area (Å²) < 4.78 is 0. The Hall–Kier alpha value is -0.930. The van der Waals surface area contributed by atoms with Crippen LogP contribution in [0.3, 0.4) is 0 Å². The Morgan fingerprint density at radius 2 is 2.12 bits per heavy atom. The Morgan fingerprint density at radius 3 is 2.65 bits per heavy atom. The van der Waals surface area contributed by atoms with Gasteiger partial charge in [-0.1, -0.05) is 13.0 Å². The fourth-order valence-electron chi connectivity index (χ4n) is 1.78. The molecule has 3 nitrogen and oxygen atoms in total. The van der Waals surface area contributed by atoms with Crippen LogP contribution in [0.5, 0.6) is 0 Å². The van der Waals surface area contributed by atoms with Crippen LogP contribution in [0.1, 0.15) is 37.1 Å². The Morgan fingerprint density at radius 1 is 1.35 bits per heavy atom. The van der Waals surface area contributed by atoms with Gasteiger partial charge in [-0.3, -0.25) is 4.98 Å². The Labute approximate surface area is 105 Å². The van der Waals surface area contributed by atoms with Crippen molar-refractivity contribution in [3.05, 3.63) is 29.6 Å². The van der Waals surface area contributed by atoms with Crippen molar-refractivity contribution in [3.63, 3.8) is 0 Å². The van der Waals surface area contributed by atoms with E-state index in [2.05, 4.69) is 48.4 Å². The first-order valence-electron chi connectivity index (χ1n) is 6.44. The highest BCUT2D eigenvalue weighted by Gasteiger charge is 2.10. The molecule has 1 rings (SSSR count). The summed E-state index contributed by atoms with van der Waals surface area (Å²) in [7, 11) is 4.23. The number of pyridine rings is 1. The number of hydrogen-bond acceptors (Lipinski definition) is 3. The maximum absolute atomic E-state index is 4.38. The van der Waals surface area contributed by atoms with Gasteiger partial charge in [0.05, 0.1) is 0 Å². The second kappa shape index (κ2) is 7.41. The van der Waals surface area contributed by atoms with Crippen LogP contribution in [-0.4, -0.2) is 37.1 Å². The highest BCUT2D eigenvalue weighted by atomic mass is 15.1. The van der Waals surface area contributed by atoms with Crippen molar-refractivity contribution in [2.75, 3.05) is 27.2 Å². The molecule has 0 saturated carbocycles. The lowest BCUT2D eigenvalue weighted by molar-refractivity contribution is 0.360. The van der Waals surface area contributed by atoms with Gasteiger partial charge in [-0.2, -0.15) is 0 Å². The van der Waals surface area contributed by atoms with E-state index in [9.17, 15) is 0 Å². The summed E-state index contributed by atoms with van der Waals surface area (Å²) in [5, 5.41) is 3.59. The van der Waals surface area contributed by atoms with Crippen molar-refractivity contribution in [2.45, 2.75) is 32.7 Å². The molecular formula is C14H25N3. The van der Waals surface area contributed by atoms with Crippen LogP contribution in [0.25, 0.3) is 0 Å². The van der Waals surface area contributed by atoms with Crippen molar-refractivity contribution in [1.82, 2.24) is 15.2 Å². The minimum absolute atomic E-state index is 0.422. The SMILES string of the molecule is CCCNC(CCN(C)C)c1ccc(C)nc1. The third kappa shape index (κ3) is 5.29. The number of nitrogens with zero attached hydrogens (tertiary/aromatic N) is 2. The van der Waals surface area contributed by atoms with Crippen LogP contribution in [0, 0.1) is 6.92 Å². The number of aromatic nitrogens is 1. The molecule has 0 fully saturated rings. The summed E-state index contributed by atoms with van der Waals surface area (Å²) in [5.41, 5.74) is 2.38. The van der Waals surface area contributed by atoms with E-state index in [1.807, 2.05) is 13.1 Å². The van der Waals surface area contributed by atoms with Gasteiger partial charge in [0.2, 0.25) is 0 Å². The zero-order valence-corrected chi connectivity index (χ0v) is 11.5. The van der Waals surface area contributed by atoms with E-state index < -0.39 is 0 Å². The van der Waals surface area contributed by atoms with Gasteiger partial charge in [0, 0.05) is 17.9 Å². The van der Waals surface area contributed by atoms with Gasteiger partial charge in [0.1, 0.15) is 0 Å². The Balaban J connectivity index is 2.63. The van der Waals surface area contributed by atoms with E-state index in [1.165, 1.54) is 5.56 Å². The maximum Gasteiger partial charge on any atom is 0.0372 e. The minimum atomic E-state index is 0.422. The third-order valence-corrected chi connectivity index (χ3v) is 2.84. The van der Waals surface area contributed by atoms with E-state index in [0.717, 1.165) is 31.6 Å². The quantitative estimate of drug-likeness (QED) is 0.786. The Kier molecular flexibility index (Phi) is 6.16. The summed E-state index contributed by atoms with van der Waals surface area (Å²) in [5.74, 6) is 0. The molecule has 0 bridgehead atoms. The number of nitrogens with one attached hydrogen (secondary N) is 1. The first kappa shape index (κ1) is 14.1. The molecule has 1 aromatic heterocycles. The van der Waals surface area contributed by atoms with Crippen LogP contribution in [-0.2, 0) is 0 Å². The maximum atomic E-state index is 4.38. The van der Waals surface area contributed by atoms with Crippen molar-refractivity contribution in [3.8, 4) is 0 Å². The zero-order chi connectivity index (χ0) is 12.7. The van der Waals surface area contributed by atoms with Gasteiger partial charge in [-0.05, 0) is 58.6 Å². The molecule has 1 atom stereocenters. The zero-order valence-electron chi connectivity index (χ0n) is 11.5. The molecule has 0 aliphatic heterocycles. The van der Waals surface area contributed by atoms with Gasteiger partial charge >= 0.3 is 0 Å². The minimum Gasteiger partial charge on any atom is -0.310 e. The standard InChI is InChI=1S/C14H25N3/c1-5-9-15-14(8-10-17(3)4)13-7-6-12(2)16-11-13/h6-7,11,14-15H,5,8-10H2,1-4H3. The van der Waals surface area contributed by atoms with Gasteiger partial charge in [0.25, 0.3) is 0 Å². The van der Waals surface area contributed by atoms with E-state index in [0.29, 0.717) is 6.04 Å². The monoisotopic (exact) mass is 235 g/mol. The molecular weight excluding hydrogens is 210 g/mol. The lowest BCUT2D eigenvalue weighted by atomic mass is 10.1. The predicted octanol–water partition coefficient (Wildman–Crippen LogP) is 2.38. The van der Waals surface area contributed by atoms with E-state index >= 15 is 0 Å². The average molecular weight is 235 g/mol. The molecule has 1 heterocycles. The molecule has 3 heteroatoms.